The smallest absolute Gasteiger partial charge is 0.354 e. The predicted octanol–water partition coefficient (Wildman–Crippen LogP) is 7.42. The maximum atomic E-state index is 14.5. The summed E-state index contributed by atoms with van der Waals surface area (Å²) in [6, 6.07) is 25.1. The van der Waals surface area contributed by atoms with E-state index in [0.717, 1.165) is 29.7 Å². The van der Waals surface area contributed by atoms with Crippen LogP contribution in [0, 0.1) is 6.92 Å². The Labute approximate surface area is 284 Å². The zero-order valence-corrected chi connectivity index (χ0v) is 28.2. The molecule has 0 fully saturated rings. The van der Waals surface area contributed by atoms with Crippen LogP contribution in [0.1, 0.15) is 42.0 Å². The van der Waals surface area contributed by atoms with Crippen LogP contribution < -0.4 is 9.62 Å². The van der Waals surface area contributed by atoms with E-state index in [-0.39, 0.29) is 17.9 Å². The molecule has 1 N–H and O–H groups in total. The minimum atomic E-state index is -4.89. The van der Waals surface area contributed by atoms with E-state index in [1.807, 2.05) is 44.2 Å². The van der Waals surface area contributed by atoms with E-state index in [9.17, 15) is 31.2 Å². The Morgan fingerprint density at radius 3 is 2.15 bits per heavy atom. The van der Waals surface area contributed by atoms with Gasteiger partial charge in [-0.25, -0.2) is 8.42 Å². The lowest BCUT2D eigenvalue weighted by atomic mass is 10.0. The Bertz CT molecular complexity index is 1810. The number of hydrogen-bond donors (Lipinski definition) is 1. The third-order valence-corrected chi connectivity index (χ3v) is 9.81. The Morgan fingerprint density at radius 2 is 1.52 bits per heavy atom. The highest BCUT2D eigenvalue weighted by Gasteiger charge is 2.37. The van der Waals surface area contributed by atoms with Crippen molar-refractivity contribution in [3.05, 3.63) is 130 Å². The molecule has 0 aliphatic rings. The molecule has 0 spiro atoms. The van der Waals surface area contributed by atoms with Gasteiger partial charge in [0.1, 0.15) is 12.6 Å². The lowest BCUT2D eigenvalue weighted by Crippen LogP contribution is -2.53. The van der Waals surface area contributed by atoms with Gasteiger partial charge in [-0.15, -0.1) is 0 Å². The number of carbonyl (C=O) groups excluding carboxylic acids is 2. The molecule has 48 heavy (non-hydrogen) atoms. The molecule has 4 rings (SSSR count). The van der Waals surface area contributed by atoms with Crippen molar-refractivity contribution in [2.45, 2.75) is 56.8 Å². The number of aryl methyl sites for hydroxylation is 1. The van der Waals surface area contributed by atoms with Gasteiger partial charge in [-0.3, -0.25) is 13.9 Å². The fourth-order valence-electron chi connectivity index (χ4n) is 5.20. The first-order chi connectivity index (χ1) is 22.8. The van der Waals surface area contributed by atoms with Gasteiger partial charge < -0.3 is 10.2 Å². The maximum Gasteiger partial charge on any atom is 0.417 e. The van der Waals surface area contributed by atoms with Gasteiger partial charge in [0.05, 0.1) is 21.2 Å². The summed E-state index contributed by atoms with van der Waals surface area (Å²) in [5, 5.41) is 2.28. The topological polar surface area (TPSA) is 86.8 Å². The van der Waals surface area contributed by atoms with Crippen LogP contribution in [0.3, 0.4) is 0 Å². The molecule has 0 unspecified atom stereocenters. The van der Waals surface area contributed by atoms with Gasteiger partial charge >= 0.3 is 6.18 Å². The molecule has 0 aliphatic heterocycles. The van der Waals surface area contributed by atoms with Crippen LogP contribution in [-0.4, -0.2) is 44.3 Å². The number of amides is 2. The number of sulfonamides is 1. The van der Waals surface area contributed by atoms with Gasteiger partial charge in [0.2, 0.25) is 11.8 Å². The summed E-state index contributed by atoms with van der Waals surface area (Å²) in [6.45, 7) is 3.26. The fourth-order valence-corrected chi connectivity index (χ4v) is 6.85. The number of nitrogens with zero attached hydrogens (tertiary/aromatic N) is 2. The molecule has 0 aromatic heterocycles. The first kappa shape index (κ1) is 36.5. The highest BCUT2D eigenvalue weighted by molar-refractivity contribution is 7.92. The van der Waals surface area contributed by atoms with E-state index >= 15 is 0 Å². The zero-order chi connectivity index (χ0) is 34.9. The highest BCUT2D eigenvalue weighted by atomic mass is 35.5. The summed E-state index contributed by atoms with van der Waals surface area (Å²) in [6.07, 6.45) is -3.26. The first-order valence-electron chi connectivity index (χ1n) is 15.4. The number of alkyl halides is 3. The van der Waals surface area contributed by atoms with Crippen LogP contribution in [0.2, 0.25) is 5.02 Å². The number of nitrogens with one attached hydrogen (secondary N) is 1. The molecule has 4 aromatic rings. The molecule has 254 valence electrons. The monoisotopic (exact) mass is 699 g/mol. The van der Waals surface area contributed by atoms with Crippen molar-refractivity contribution in [1.29, 1.82) is 0 Å². The van der Waals surface area contributed by atoms with Crippen molar-refractivity contribution in [1.82, 2.24) is 10.2 Å². The standard InChI is InChI=1S/C36H37ClF3N3O4S/c1-3-4-20-41-35(45)33(22-27-13-7-5-8-14-27)42(24-28-15-11-12-26(2)21-28)34(44)25-43(48(46,47)30-16-9-6-10-17-30)29-18-19-32(37)31(23-29)36(38,39)40/h5-19,21,23,33H,3-4,20,22,24-25H2,1-2H3,(H,41,45)/t33-/m0/s1. The molecule has 0 saturated heterocycles. The summed E-state index contributed by atoms with van der Waals surface area (Å²) in [5.41, 5.74) is 0.686. The Hall–Kier alpha value is -4.35. The van der Waals surface area contributed by atoms with Gasteiger partial charge in [-0.05, 0) is 54.8 Å². The van der Waals surface area contributed by atoms with Crippen molar-refractivity contribution in [2.75, 3.05) is 17.4 Å². The van der Waals surface area contributed by atoms with Crippen molar-refractivity contribution in [3.63, 3.8) is 0 Å². The number of anilines is 1. The Balaban J connectivity index is 1.84. The highest BCUT2D eigenvalue weighted by Crippen LogP contribution is 2.38. The van der Waals surface area contributed by atoms with Crippen molar-refractivity contribution < 1.29 is 31.2 Å². The predicted molar refractivity (Wildman–Crippen MR) is 181 cm³/mol. The van der Waals surface area contributed by atoms with E-state index in [4.69, 9.17) is 11.6 Å². The molecule has 1 atom stereocenters. The van der Waals surface area contributed by atoms with Crippen LogP contribution in [0.5, 0.6) is 0 Å². The summed E-state index contributed by atoms with van der Waals surface area (Å²) in [5.74, 6) is -1.22. The molecule has 0 saturated carbocycles. The molecule has 7 nitrogen and oxygen atoms in total. The summed E-state index contributed by atoms with van der Waals surface area (Å²) in [7, 11) is -4.58. The van der Waals surface area contributed by atoms with Gasteiger partial charge in [0.15, 0.2) is 0 Å². The second-order valence-electron chi connectivity index (χ2n) is 11.3. The average molecular weight is 700 g/mol. The number of unbranched alkanes of at least 4 members (excludes halogenated alkanes) is 1. The lowest BCUT2D eigenvalue weighted by Gasteiger charge is -2.34. The summed E-state index contributed by atoms with van der Waals surface area (Å²) >= 11 is 5.87. The number of rotatable bonds is 14. The number of halogens is 4. The second kappa shape index (κ2) is 16.2. The third-order valence-electron chi connectivity index (χ3n) is 7.69. The molecule has 12 heteroatoms. The van der Waals surface area contributed by atoms with Gasteiger partial charge in [0.25, 0.3) is 10.0 Å². The number of benzene rings is 4. The quantitative estimate of drug-likeness (QED) is 0.139. The normalized spacial score (nSPS) is 12.3. The molecule has 2 amide bonds. The Kier molecular flexibility index (Phi) is 12.3. The minimum Gasteiger partial charge on any atom is -0.354 e. The lowest BCUT2D eigenvalue weighted by molar-refractivity contribution is -0.140. The number of hydrogen-bond acceptors (Lipinski definition) is 4. The first-order valence-corrected chi connectivity index (χ1v) is 17.2. The van der Waals surface area contributed by atoms with E-state index in [1.54, 1.807) is 30.3 Å². The van der Waals surface area contributed by atoms with Gasteiger partial charge in [-0.1, -0.05) is 103 Å². The van der Waals surface area contributed by atoms with Gasteiger partial charge in [-0.2, -0.15) is 13.2 Å². The van der Waals surface area contributed by atoms with Crippen molar-refractivity contribution in [3.8, 4) is 0 Å². The minimum absolute atomic E-state index is 0.0626. The molecule has 0 bridgehead atoms. The van der Waals surface area contributed by atoms with Crippen molar-refractivity contribution in [2.24, 2.45) is 0 Å². The fraction of sp³-hybridized carbons (Fsp3) is 0.278. The van der Waals surface area contributed by atoms with E-state index < -0.39 is 56.9 Å². The van der Waals surface area contributed by atoms with E-state index in [1.165, 1.54) is 29.2 Å². The molecule has 0 heterocycles. The molecule has 0 aliphatic carbocycles. The van der Waals surface area contributed by atoms with Crippen LogP contribution in [0.25, 0.3) is 0 Å². The average Bonchev–Trinajstić information content (AvgIpc) is 3.06. The SMILES string of the molecule is CCCCNC(=O)[C@H](Cc1ccccc1)N(Cc1cccc(C)c1)C(=O)CN(c1ccc(Cl)c(C(F)(F)F)c1)S(=O)(=O)c1ccccc1. The van der Waals surface area contributed by atoms with Crippen LogP contribution in [0.15, 0.2) is 108 Å². The molecular formula is C36H37ClF3N3O4S. The van der Waals surface area contributed by atoms with E-state index in [0.29, 0.717) is 28.9 Å². The van der Waals surface area contributed by atoms with E-state index in [2.05, 4.69) is 5.32 Å². The van der Waals surface area contributed by atoms with Crippen LogP contribution >= 0.6 is 11.6 Å². The van der Waals surface area contributed by atoms with Crippen molar-refractivity contribution >= 4 is 39.1 Å². The largest absolute Gasteiger partial charge is 0.417 e. The van der Waals surface area contributed by atoms with Crippen LogP contribution in [0.4, 0.5) is 18.9 Å². The Morgan fingerprint density at radius 1 is 0.875 bits per heavy atom. The second-order valence-corrected chi connectivity index (χ2v) is 13.6. The number of carbonyl (C=O) groups is 2. The molecular weight excluding hydrogens is 663 g/mol. The maximum absolute atomic E-state index is 14.5. The zero-order valence-electron chi connectivity index (χ0n) is 26.6. The summed E-state index contributed by atoms with van der Waals surface area (Å²) < 4.78 is 70.6. The van der Waals surface area contributed by atoms with Crippen LogP contribution in [-0.2, 0) is 38.8 Å². The molecule has 4 aromatic carbocycles. The third kappa shape index (κ3) is 9.38. The van der Waals surface area contributed by atoms with Gasteiger partial charge in [0, 0.05) is 19.5 Å². The summed E-state index contributed by atoms with van der Waals surface area (Å²) in [4.78, 5) is 29.4. The molecule has 0 radical (unpaired) electrons.